The molecule has 1 aliphatic carbocycles. The summed E-state index contributed by atoms with van der Waals surface area (Å²) in [6, 6.07) is 0. The summed E-state index contributed by atoms with van der Waals surface area (Å²) in [7, 11) is 0. The summed E-state index contributed by atoms with van der Waals surface area (Å²) in [6.45, 7) is 2.55. The van der Waals surface area contributed by atoms with Crippen LogP contribution in [0.5, 0.6) is 0 Å². The van der Waals surface area contributed by atoms with Gasteiger partial charge in [-0.2, -0.15) is 11.8 Å². The minimum Gasteiger partial charge on any atom is -0.391 e. The number of hydrogen-bond acceptors (Lipinski definition) is 7. The molecule has 2 fully saturated rings. The van der Waals surface area contributed by atoms with Crippen molar-refractivity contribution in [3.05, 3.63) is 12.0 Å². The third-order valence-corrected chi connectivity index (χ3v) is 6.71. The molecule has 3 aliphatic rings. The number of β-amino-alcohol motifs (C(OH)–C–C–N with tert-alkyl or cyclic N) is 1. The Bertz CT molecular complexity index is 606. The molecule has 0 amide bonds. The lowest BCUT2D eigenvalue weighted by Gasteiger charge is -2.26. The molecule has 2 aliphatic heterocycles. The van der Waals surface area contributed by atoms with Crippen LogP contribution in [0.15, 0.2) is 11.3 Å². The van der Waals surface area contributed by atoms with E-state index in [9.17, 15) is 5.11 Å². The molecular weight excluding hydrogens is 310 g/mol. The predicted octanol–water partition coefficient (Wildman–Crippen LogP) is 1.44. The first-order valence-electron chi connectivity index (χ1n) is 8.37. The van der Waals surface area contributed by atoms with Gasteiger partial charge in [-0.1, -0.05) is 6.42 Å². The molecule has 0 aromatic carbocycles. The highest BCUT2D eigenvalue weighted by molar-refractivity contribution is 7.99. The van der Waals surface area contributed by atoms with Crippen LogP contribution in [0.25, 0.3) is 0 Å². The van der Waals surface area contributed by atoms with E-state index in [1.165, 1.54) is 25.6 Å². The van der Waals surface area contributed by atoms with Gasteiger partial charge in [0.05, 0.1) is 17.7 Å². The molecule has 0 radical (unpaired) electrons. The lowest BCUT2D eigenvalue weighted by Crippen LogP contribution is -2.27. The fraction of sp³-hybridized carbons (Fsp3) is 0.688. The molecule has 3 heterocycles. The van der Waals surface area contributed by atoms with Crippen LogP contribution in [0.2, 0.25) is 0 Å². The normalized spacial score (nSPS) is 30.6. The van der Waals surface area contributed by atoms with E-state index in [1.807, 2.05) is 18.0 Å². The Morgan fingerprint density at radius 3 is 2.96 bits per heavy atom. The van der Waals surface area contributed by atoms with Crippen LogP contribution in [0.4, 0.5) is 11.5 Å². The molecule has 4 rings (SSSR count). The summed E-state index contributed by atoms with van der Waals surface area (Å²) in [5.41, 5.74) is 7.48. The second-order valence-electron chi connectivity index (χ2n) is 6.81. The van der Waals surface area contributed by atoms with Crippen LogP contribution >= 0.6 is 11.8 Å². The van der Waals surface area contributed by atoms with Gasteiger partial charge in [0, 0.05) is 42.8 Å². The van der Waals surface area contributed by atoms with Crippen molar-refractivity contribution in [3.63, 3.8) is 0 Å². The zero-order valence-corrected chi connectivity index (χ0v) is 14.0. The molecule has 3 N–H and O–H groups in total. The summed E-state index contributed by atoms with van der Waals surface area (Å²) < 4.78 is 0. The number of thioether (sulfide) groups is 1. The number of aromatic nitrogens is 2. The van der Waals surface area contributed by atoms with Gasteiger partial charge < -0.3 is 10.8 Å². The number of anilines is 1. The van der Waals surface area contributed by atoms with Gasteiger partial charge in [0.25, 0.3) is 0 Å². The second kappa shape index (κ2) is 6.37. The molecule has 1 aromatic rings. The number of likely N-dealkylation sites (tertiary alicyclic amines) is 1. The van der Waals surface area contributed by atoms with Gasteiger partial charge in [-0.3, -0.25) is 9.89 Å². The molecule has 1 aromatic heterocycles. The number of aliphatic hydroxyl groups excluding tert-OH is 1. The number of aliphatic imine (C=N–C) groups is 1. The molecule has 23 heavy (non-hydrogen) atoms. The average Bonchev–Trinajstić information content (AvgIpc) is 3.03. The van der Waals surface area contributed by atoms with Crippen molar-refractivity contribution in [1.29, 1.82) is 0 Å². The Morgan fingerprint density at radius 1 is 1.30 bits per heavy atom. The largest absolute Gasteiger partial charge is 0.391 e. The number of nitrogens with zero attached hydrogens (tertiary/aromatic N) is 4. The van der Waals surface area contributed by atoms with Crippen LogP contribution in [-0.4, -0.2) is 62.9 Å². The van der Waals surface area contributed by atoms with E-state index in [1.54, 1.807) is 0 Å². The van der Waals surface area contributed by atoms with Crippen LogP contribution in [-0.2, 0) is 0 Å². The van der Waals surface area contributed by atoms with E-state index in [-0.39, 0.29) is 12.0 Å². The van der Waals surface area contributed by atoms with Crippen LogP contribution in [0.1, 0.15) is 30.9 Å². The van der Waals surface area contributed by atoms with Crippen molar-refractivity contribution in [2.24, 2.45) is 10.9 Å². The van der Waals surface area contributed by atoms with Gasteiger partial charge in [0.1, 0.15) is 12.0 Å². The molecule has 0 spiro atoms. The van der Waals surface area contributed by atoms with Crippen LogP contribution in [0, 0.1) is 5.92 Å². The Kier molecular flexibility index (Phi) is 4.26. The zero-order chi connectivity index (χ0) is 15.8. The first-order valence-corrected chi connectivity index (χ1v) is 9.42. The maximum atomic E-state index is 10.3. The van der Waals surface area contributed by atoms with Gasteiger partial charge in [-0.05, 0) is 12.8 Å². The zero-order valence-electron chi connectivity index (χ0n) is 13.1. The second-order valence-corrected chi connectivity index (χ2v) is 8.14. The van der Waals surface area contributed by atoms with Crippen molar-refractivity contribution in [3.8, 4) is 0 Å². The number of fused-ring (bicyclic) bond motifs is 1. The van der Waals surface area contributed by atoms with Gasteiger partial charge >= 0.3 is 0 Å². The highest BCUT2D eigenvalue weighted by Gasteiger charge is 2.34. The standard InChI is InChI=1S/C16H23N5OS/c17-16-15-14(19-9-20-16)10(4-18-15)5-21-6-11(13(22)7-21)8-23-12-2-1-3-12/h4,9-13,22H,1-3,5-8H2,(H2,17,19,20)/t10?,11-,13+/m1/s1. The molecule has 124 valence electrons. The van der Waals surface area contributed by atoms with Gasteiger partial charge in [-0.15, -0.1) is 0 Å². The van der Waals surface area contributed by atoms with Crippen molar-refractivity contribution in [1.82, 2.24) is 14.9 Å². The van der Waals surface area contributed by atoms with E-state index >= 15 is 0 Å². The van der Waals surface area contributed by atoms with E-state index in [0.717, 1.165) is 36.3 Å². The lowest BCUT2D eigenvalue weighted by atomic mass is 10.00. The van der Waals surface area contributed by atoms with Gasteiger partial charge in [0.2, 0.25) is 0 Å². The molecular formula is C16H23N5OS. The van der Waals surface area contributed by atoms with Gasteiger partial charge in [0.15, 0.2) is 5.82 Å². The van der Waals surface area contributed by atoms with Crippen LogP contribution < -0.4 is 5.73 Å². The Morgan fingerprint density at radius 2 is 2.17 bits per heavy atom. The topological polar surface area (TPSA) is 87.6 Å². The number of nitrogen functional groups attached to an aromatic ring is 1. The quantitative estimate of drug-likeness (QED) is 0.848. The number of rotatable bonds is 5. The molecule has 1 unspecified atom stereocenters. The summed E-state index contributed by atoms with van der Waals surface area (Å²) in [5.74, 6) is 2.06. The fourth-order valence-corrected chi connectivity index (χ4v) is 5.02. The summed E-state index contributed by atoms with van der Waals surface area (Å²) in [4.78, 5) is 15.0. The Hall–Kier alpha value is -1.18. The Balaban J connectivity index is 1.34. The molecule has 7 heteroatoms. The minimum atomic E-state index is -0.212. The molecule has 0 bridgehead atoms. The van der Waals surface area contributed by atoms with E-state index in [0.29, 0.717) is 17.4 Å². The first kappa shape index (κ1) is 15.4. The summed E-state index contributed by atoms with van der Waals surface area (Å²) in [5, 5.41) is 11.2. The van der Waals surface area contributed by atoms with E-state index in [4.69, 9.17) is 5.73 Å². The summed E-state index contributed by atoms with van der Waals surface area (Å²) in [6.07, 6.45) is 7.30. The fourth-order valence-electron chi connectivity index (χ4n) is 3.51. The van der Waals surface area contributed by atoms with Crippen molar-refractivity contribution in [2.45, 2.75) is 36.5 Å². The summed E-state index contributed by atoms with van der Waals surface area (Å²) >= 11 is 2.05. The van der Waals surface area contributed by atoms with Crippen molar-refractivity contribution < 1.29 is 5.11 Å². The monoisotopic (exact) mass is 333 g/mol. The van der Waals surface area contributed by atoms with Gasteiger partial charge in [-0.25, -0.2) is 9.97 Å². The van der Waals surface area contributed by atoms with Crippen molar-refractivity contribution in [2.75, 3.05) is 31.1 Å². The lowest BCUT2D eigenvalue weighted by molar-refractivity contribution is 0.149. The third kappa shape index (κ3) is 3.09. The molecule has 3 atom stereocenters. The maximum absolute atomic E-state index is 10.3. The maximum Gasteiger partial charge on any atom is 0.153 e. The average molecular weight is 333 g/mol. The smallest absolute Gasteiger partial charge is 0.153 e. The highest BCUT2D eigenvalue weighted by Crippen LogP contribution is 2.36. The molecule has 1 saturated heterocycles. The number of nitrogens with two attached hydrogens (primary N) is 1. The molecule has 1 saturated carbocycles. The highest BCUT2D eigenvalue weighted by atomic mass is 32.2. The van der Waals surface area contributed by atoms with Crippen LogP contribution in [0.3, 0.4) is 0 Å². The first-order chi connectivity index (χ1) is 11.2. The van der Waals surface area contributed by atoms with E-state index in [2.05, 4.69) is 19.9 Å². The van der Waals surface area contributed by atoms with E-state index < -0.39 is 0 Å². The minimum absolute atomic E-state index is 0.153. The number of hydrogen-bond donors (Lipinski definition) is 2. The van der Waals surface area contributed by atoms with Crippen molar-refractivity contribution >= 4 is 29.5 Å². The predicted molar refractivity (Wildman–Crippen MR) is 93.4 cm³/mol. The third-order valence-electron chi connectivity index (χ3n) is 5.15. The Labute approximate surface area is 140 Å². The molecule has 6 nitrogen and oxygen atoms in total. The number of aliphatic hydroxyl groups is 1. The SMILES string of the molecule is Nc1ncnc2c1N=CC2CN1C[C@H](CSC2CCC2)[C@@H](O)C1.